The minimum atomic E-state index is -0.375. The molecule has 1 N–H and O–H groups in total. The van der Waals surface area contributed by atoms with Gasteiger partial charge < -0.3 is 9.84 Å². The number of fused-ring (bicyclic) bond motifs is 1. The number of para-hydroxylation sites is 1. The van der Waals surface area contributed by atoms with Crippen molar-refractivity contribution in [3.05, 3.63) is 29.3 Å². The van der Waals surface area contributed by atoms with Gasteiger partial charge in [0.05, 0.1) is 12.7 Å². The lowest BCUT2D eigenvalue weighted by molar-refractivity contribution is 0.162. The lowest BCUT2D eigenvalue weighted by atomic mass is 10.0. The second-order valence-corrected chi connectivity index (χ2v) is 5.07. The van der Waals surface area contributed by atoms with Crippen LogP contribution in [0.3, 0.4) is 0 Å². The number of hydrogen-bond donors (Lipinski definition) is 1. The summed E-state index contributed by atoms with van der Waals surface area (Å²) in [5.41, 5.74) is 2.21. The van der Waals surface area contributed by atoms with Crippen molar-refractivity contribution in [2.45, 2.75) is 25.4 Å². The number of hydrogen-bond acceptors (Lipinski definition) is 3. The Morgan fingerprint density at radius 3 is 3.19 bits per heavy atom. The zero-order valence-corrected chi connectivity index (χ0v) is 10.4. The molecule has 1 aromatic carbocycles. The molecule has 2 rings (SSSR count). The smallest absolute Gasteiger partial charge is 0.128 e. The molecule has 0 aliphatic carbocycles. The number of thioether (sulfide) groups is 1. The third-order valence-corrected chi connectivity index (χ3v) is 3.63. The zero-order chi connectivity index (χ0) is 11.4. The third-order valence-electron chi connectivity index (χ3n) is 2.93. The third kappa shape index (κ3) is 2.53. The van der Waals surface area contributed by atoms with Crippen LogP contribution in [0.25, 0.3) is 0 Å². The number of rotatable bonds is 5. The van der Waals surface area contributed by atoms with Crippen LogP contribution in [0.1, 0.15) is 30.1 Å². The fraction of sp³-hybridized carbons (Fsp3) is 0.538. The van der Waals surface area contributed by atoms with Gasteiger partial charge in [0.1, 0.15) is 5.75 Å². The summed E-state index contributed by atoms with van der Waals surface area (Å²) in [6.45, 7) is 0.754. The Bertz CT molecular complexity index is 352. The lowest BCUT2D eigenvalue weighted by Crippen LogP contribution is -2.01. The molecule has 0 amide bonds. The highest BCUT2D eigenvalue weighted by Gasteiger charge is 2.20. The summed E-state index contributed by atoms with van der Waals surface area (Å²) in [7, 11) is 0. The molecule has 1 heterocycles. The van der Waals surface area contributed by atoms with Crippen LogP contribution in [-0.2, 0) is 6.42 Å². The molecule has 1 aliphatic heterocycles. The maximum absolute atomic E-state index is 10.1. The SMILES string of the molecule is CSCCCC(O)c1cccc2c1OCC2. The second kappa shape index (κ2) is 5.60. The molecular weight excluding hydrogens is 220 g/mol. The molecular formula is C13H18O2S. The number of aliphatic hydroxyl groups is 1. The minimum Gasteiger partial charge on any atom is -0.493 e. The van der Waals surface area contributed by atoms with E-state index in [4.69, 9.17) is 4.74 Å². The van der Waals surface area contributed by atoms with Gasteiger partial charge in [-0.15, -0.1) is 0 Å². The van der Waals surface area contributed by atoms with Crippen LogP contribution >= 0.6 is 11.8 Å². The van der Waals surface area contributed by atoms with Gasteiger partial charge in [-0.3, -0.25) is 0 Å². The van der Waals surface area contributed by atoms with Crippen LogP contribution in [0, 0.1) is 0 Å². The molecule has 1 aromatic rings. The van der Waals surface area contributed by atoms with Gasteiger partial charge in [0.25, 0.3) is 0 Å². The monoisotopic (exact) mass is 238 g/mol. The maximum Gasteiger partial charge on any atom is 0.128 e. The molecule has 3 heteroatoms. The first-order valence-corrected chi connectivity index (χ1v) is 7.14. The molecule has 88 valence electrons. The van der Waals surface area contributed by atoms with Crippen LogP contribution in [0.15, 0.2) is 18.2 Å². The van der Waals surface area contributed by atoms with Crippen molar-refractivity contribution in [2.75, 3.05) is 18.6 Å². The van der Waals surface area contributed by atoms with Crippen LogP contribution in [0.2, 0.25) is 0 Å². The second-order valence-electron chi connectivity index (χ2n) is 4.08. The highest BCUT2D eigenvalue weighted by molar-refractivity contribution is 7.98. The van der Waals surface area contributed by atoms with Gasteiger partial charge in [-0.05, 0) is 30.4 Å². The van der Waals surface area contributed by atoms with Crippen molar-refractivity contribution in [2.24, 2.45) is 0 Å². The summed E-state index contributed by atoms with van der Waals surface area (Å²) in [6, 6.07) is 6.08. The van der Waals surface area contributed by atoms with E-state index in [1.165, 1.54) is 5.56 Å². The molecule has 0 saturated heterocycles. The zero-order valence-electron chi connectivity index (χ0n) is 9.61. The Balaban J connectivity index is 2.05. The van der Waals surface area contributed by atoms with E-state index in [0.29, 0.717) is 0 Å². The summed E-state index contributed by atoms with van der Waals surface area (Å²) in [5.74, 6) is 2.03. The largest absolute Gasteiger partial charge is 0.493 e. The van der Waals surface area contributed by atoms with Gasteiger partial charge in [0.2, 0.25) is 0 Å². The Morgan fingerprint density at radius 2 is 2.38 bits per heavy atom. The number of aliphatic hydroxyl groups excluding tert-OH is 1. The average molecular weight is 238 g/mol. The van der Waals surface area contributed by atoms with Crippen molar-refractivity contribution in [1.29, 1.82) is 0 Å². The molecule has 0 radical (unpaired) electrons. The number of benzene rings is 1. The maximum atomic E-state index is 10.1. The normalized spacial score (nSPS) is 15.6. The summed E-state index contributed by atoms with van der Waals surface area (Å²) in [4.78, 5) is 0. The van der Waals surface area contributed by atoms with Crippen molar-refractivity contribution < 1.29 is 9.84 Å². The first-order chi connectivity index (χ1) is 7.83. The molecule has 0 aromatic heterocycles. The van der Waals surface area contributed by atoms with E-state index >= 15 is 0 Å². The molecule has 0 saturated carbocycles. The topological polar surface area (TPSA) is 29.5 Å². The Labute approximate surface area is 101 Å². The van der Waals surface area contributed by atoms with E-state index in [-0.39, 0.29) is 6.10 Å². The molecule has 16 heavy (non-hydrogen) atoms. The predicted molar refractivity (Wildman–Crippen MR) is 68.2 cm³/mol. The van der Waals surface area contributed by atoms with Gasteiger partial charge in [-0.2, -0.15) is 11.8 Å². The Kier molecular flexibility index (Phi) is 4.13. The van der Waals surface area contributed by atoms with Gasteiger partial charge in [0, 0.05) is 12.0 Å². The number of ether oxygens (including phenoxy) is 1. The van der Waals surface area contributed by atoms with Crippen LogP contribution in [0.5, 0.6) is 5.75 Å². The van der Waals surface area contributed by atoms with Gasteiger partial charge in [0.15, 0.2) is 0 Å². The van der Waals surface area contributed by atoms with E-state index in [2.05, 4.69) is 12.3 Å². The fourth-order valence-electron chi connectivity index (χ4n) is 2.08. The highest BCUT2D eigenvalue weighted by atomic mass is 32.2. The molecule has 2 nitrogen and oxygen atoms in total. The lowest BCUT2D eigenvalue weighted by Gasteiger charge is -2.14. The molecule has 0 fully saturated rings. The van der Waals surface area contributed by atoms with Crippen molar-refractivity contribution >= 4 is 11.8 Å². The van der Waals surface area contributed by atoms with E-state index in [9.17, 15) is 5.11 Å². The van der Waals surface area contributed by atoms with Crippen molar-refractivity contribution in [1.82, 2.24) is 0 Å². The van der Waals surface area contributed by atoms with Crippen LogP contribution in [0.4, 0.5) is 0 Å². The van der Waals surface area contributed by atoms with Crippen molar-refractivity contribution in [3.8, 4) is 5.75 Å². The Hall–Kier alpha value is -0.670. The molecule has 1 atom stereocenters. The molecule has 1 unspecified atom stereocenters. The van der Waals surface area contributed by atoms with E-state index in [0.717, 1.165) is 42.9 Å². The van der Waals surface area contributed by atoms with Crippen LogP contribution < -0.4 is 4.74 Å². The van der Waals surface area contributed by atoms with E-state index in [1.807, 2.05) is 23.9 Å². The first kappa shape index (κ1) is 11.8. The minimum absolute atomic E-state index is 0.375. The van der Waals surface area contributed by atoms with Crippen molar-refractivity contribution in [3.63, 3.8) is 0 Å². The summed E-state index contributed by atoms with van der Waals surface area (Å²) >= 11 is 1.82. The standard InChI is InChI=1S/C13H18O2S/c1-16-9-3-6-12(14)11-5-2-4-10-7-8-15-13(10)11/h2,4-5,12,14H,3,6-9H2,1H3. The van der Waals surface area contributed by atoms with Gasteiger partial charge in [-0.25, -0.2) is 0 Å². The predicted octanol–water partition coefficient (Wildman–Crippen LogP) is 2.80. The summed E-state index contributed by atoms with van der Waals surface area (Å²) in [6.07, 6.45) is 4.56. The molecule has 0 spiro atoms. The molecule has 1 aliphatic rings. The fourth-order valence-corrected chi connectivity index (χ4v) is 2.53. The van der Waals surface area contributed by atoms with Gasteiger partial charge >= 0.3 is 0 Å². The highest BCUT2D eigenvalue weighted by Crippen LogP contribution is 2.35. The van der Waals surface area contributed by atoms with E-state index < -0.39 is 0 Å². The first-order valence-electron chi connectivity index (χ1n) is 5.74. The van der Waals surface area contributed by atoms with Gasteiger partial charge in [-0.1, -0.05) is 18.2 Å². The Morgan fingerprint density at radius 1 is 1.50 bits per heavy atom. The molecule has 0 bridgehead atoms. The summed E-state index contributed by atoms with van der Waals surface area (Å²) < 4.78 is 5.59. The van der Waals surface area contributed by atoms with Crippen LogP contribution in [-0.4, -0.2) is 23.7 Å². The average Bonchev–Trinajstić information content (AvgIpc) is 2.76. The quantitative estimate of drug-likeness (QED) is 0.800. The van der Waals surface area contributed by atoms with E-state index in [1.54, 1.807) is 0 Å². The summed E-state index contributed by atoms with van der Waals surface area (Å²) in [5, 5.41) is 10.1.